The molecule has 0 radical (unpaired) electrons. The number of halogens is 3. The van der Waals surface area contributed by atoms with Gasteiger partial charge in [0.15, 0.2) is 0 Å². The molecule has 0 saturated heterocycles. The van der Waals surface area contributed by atoms with E-state index in [2.05, 4.69) is 20.1 Å². The van der Waals surface area contributed by atoms with Gasteiger partial charge in [-0.05, 0) is 48.9 Å². The molecule has 0 N–H and O–H groups in total. The molecule has 0 aliphatic heterocycles. The van der Waals surface area contributed by atoms with Crippen LogP contribution < -0.4 is 4.90 Å². The smallest absolute Gasteiger partial charge is 0.280 e. The van der Waals surface area contributed by atoms with Gasteiger partial charge >= 0.3 is 0 Å². The van der Waals surface area contributed by atoms with Crippen molar-refractivity contribution in [1.82, 2.24) is 24.6 Å². The Bertz CT molecular complexity index is 1420. The van der Waals surface area contributed by atoms with E-state index < -0.39 is 6.43 Å². The lowest BCUT2D eigenvalue weighted by Crippen LogP contribution is -2.18. The quantitative estimate of drug-likeness (QED) is 0.324. The maximum Gasteiger partial charge on any atom is 0.280 e. The van der Waals surface area contributed by atoms with E-state index in [1.807, 2.05) is 49.4 Å². The summed E-state index contributed by atoms with van der Waals surface area (Å²) in [5.74, 6) is 1.19. The van der Waals surface area contributed by atoms with Crippen LogP contribution in [0.15, 0.2) is 67.1 Å². The van der Waals surface area contributed by atoms with E-state index in [1.165, 1.54) is 12.3 Å². The van der Waals surface area contributed by atoms with Crippen molar-refractivity contribution >= 4 is 39.8 Å². The molecule has 2 aromatic carbocycles. The number of rotatable bonds is 5. The molecule has 0 unspecified atom stereocenters. The summed E-state index contributed by atoms with van der Waals surface area (Å²) >= 11 is 6.25. The molecule has 0 atom stereocenters. The largest absolute Gasteiger partial charge is 0.326 e. The fourth-order valence-electron chi connectivity index (χ4n) is 3.74. The van der Waals surface area contributed by atoms with Gasteiger partial charge in [0.25, 0.3) is 12.2 Å². The Kier molecular flexibility index (Phi) is 5.14. The van der Waals surface area contributed by atoms with Gasteiger partial charge < -0.3 is 4.90 Å². The highest BCUT2D eigenvalue weighted by Gasteiger charge is 2.17. The van der Waals surface area contributed by atoms with Crippen LogP contribution in [0.5, 0.6) is 0 Å². The molecule has 0 saturated carbocycles. The standard InChI is InChI=1S/C23H17ClF2N6/c1-2-31(17-5-3-4-14(10-17)15-6-9-19(21(25)26)27-12-15)22-18-8-7-16(24)11-20(18)32-13-28-30-23(32)29-22/h3-13,21H,2H2,1H3. The number of nitrogens with zero attached hydrogens (tertiary/aromatic N) is 6. The predicted molar refractivity (Wildman–Crippen MR) is 121 cm³/mol. The number of aromatic nitrogens is 5. The van der Waals surface area contributed by atoms with E-state index in [1.54, 1.807) is 16.8 Å². The van der Waals surface area contributed by atoms with Crippen LogP contribution in [0.2, 0.25) is 5.02 Å². The number of pyridine rings is 1. The highest BCUT2D eigenvalue weighted by Crippen LogP contribution is 2.34. The molecule has 0 bridgehead atoms. The lowest BCUT2D eigenvalue weighted by Gasteiger charge is -2.24. The SMILES string of the molecule is CCN(c1cccc(-c2ccc(C(F)F)nc2)c1)c1nc2nncn2c2cc(Cl)ccc12. The molecule has 3 aromatic heterocycles. The molecule has 32 heavy (non-hydrogen) atoms. The molecule has 0 aliphatic rings. The molecule has 0 spiro atoms. The lowest BCUT2D eigenvalue weighted by molar-refractivity contribution is 0.146. The predicted octanol–water partition coefficient (Wildman–Crippen LogP) is 6.09. The number of hydrogen-bond acceptors (Lipinski definition) is 5. The Morgan fingerprint density at radius 3 is 2.69 bits per heavy atom. The average molecular weight is 451 g/mol. The number of anilines is 2. The van der Waals surface area contributed by atoms with E-state index in [0.29, 0.717) is 17.3 Å². The van der Waals surface area contributed by atoms with Crippen molar-refractivity contribution in [3.8, 4) is 11.1 Å². The number of alkyl halides is 2. The normalized spacial score (nSPS) is 11.5. The Morgan fingerprint density at radius 1 is 1.06 bits per heavy atom. The van der Waals surface area contributed by atoms with E-state index in [-0.39, 0.29) is 5.69 Å². The van der Waals surface area contributed by atoms with Crippen LogP contribution >= 0.6 is 11.6 Å². The molecule has 0 amide bonds. The second-order valence-corrected chi connectivity index (χ2v) is 7.60. The van der Waals surface area contributed by atoms with Gasteiger partial charge in [-0.15, -0.1) is 10.2 Å². The van der Waals surface area contributed by atoms with E-state index in [0.717, 1.165) is 33.5 Å². The Hall–Kier alpha value is -3.65. The van der Waals surface area contributed by atoms with Gasteiger partial charge in [0.2, 0.25) is 0 Å². The van der Waals surface area contributed by atoms with Crippen LogP contribution in [-0.4, -0.2) is 31.1 Å². The second kappa shape index (κ2) is 8.12. The van der Waals surface area contributed by atoms with Gasteiger partial charge in [0.1, 0.15) is 17.8 Å². The van der Waals surface area contributed by atoms with Crippen LogP contribution in [-0.2, 0) is 0 Å². The van der Waals surface area contributed by atoms with Gasteiger partial charge in [-0.25, -0.2) is 8.78 Å². The molecular weight excluding hydrogens is 434 g/mol. The van der Waals surface area contributed by atoms with Crippen LogP contribution in [0.1, 0.15) is 19.0 Å². The summed E-state index contributed by atoms with van der Waals surface area (Å²) in [5, 5.41) is 9.61. The first-order valence-electron chi connectivity index (χ1n) is 9.96. The molecule has 5 aromatic rings. The molecule has 3 heterocycles. The maximum absolute atomic E-state index is 12.8. The minimum absolute atomic E-state index is 0.240. The summed E-state index contributed by atoms with van der Waals surface area (Å²) in [5.41, 5.74) is 3.13. The topological polar surface area (TPSA) is 59.2 Å². The Balaban J connectivity index is 1.63. The van der Waals surface area contributed by atoms with Crippen LogP contribution in [0, 0.1) is 0 Å². The third-order valence-corrected chi connectivity index (χ3v) is 5.50. The summed E-state index contributed by atoms with van der Waals surface area (Å²) in [6, 6.07) is 16.4. The van der Waals surface area contributed by atoms with Crippen LogP contribution in [0.4, 0.5) is 20.3 Å². The fourth-order valence-corrected chi connectivity index (χ4v) is 3.91. The number of hydrogen-bond donors (Lipinski definition) is 0. The van der Waals surface area contributed by atoms with Crippen molar-refractivity contribution in [1.29, 1.82) is 0 Å². The first kappa shape index (κ1) is 20.3. The highest BCUT2D eigenvalue weighted by molar-refractivity contribution is 6.31. The molecule has 6 nitrogen and oxygen atoms in total. The first-order chi connectivity index (χ1) is 15.5. The summed E-state index contributed by atoms with van der Waals surface area (Å²) in [6.07, 6.45) is 0.484. The monoisotopic (exact) mass is 450 g/mol. The molecule has 160 valence electrons. The fraction of sp³-hybridized carbons (Fsp3) is 0.130. The highest BCUT2D eigenvalue weighted by atomic mass is 35.5. The zero-order valence-corrected chi connectivity index (χ0v) is 17.7. The van der Waals surface area contributed by atoms with E-state index in [9.17, 15) is 8.78 Å². The molecule has 0 aliphatic carbocycles. The second-order valence-electron chi connectivity index (χ2n) is 7.16. The van der Waals surface area contributed by atoms with Crippen molar-refractivity contribution in [2.75, 3.05) is 11.4 Å². The third-order valence-electron chi connectivity index (χ3n) is 5.27. The minimum atomic E-state index is -2.59. The molecular formula is C23H17ClF2N6. The minimum Gasteiger partial charge on any atom is -0.326 e. The first-order valence-corrected chi connectivity index (χ1v) is 10.3. The van der Waals surface area contributed by atoms with Gasteiger partial charge in [0, 0.05) is 34.4 Å². The van der Waals surface area contributed by atoms with Crippen molar-refractivity contribution < 1.29 is 8.78 Å². The van der Waals surface area contributed by atoms with E-state index >= 15 is 0 Å². The number of benzene rings is 2. The number of fused-ring (bicyclic) bond motifs is 3. The molecule has 0 fully saturated rings. The van der Waals surface area contributed by atoms with Gasteiger partial charge in [-0.1, -0.05) is 29.8 Å². The van der Waals surface area contributed by atoms with Crippen molar-refractivity contribution in [2.45, 2.75) is 13.3 Å². The molecule has 9 heteroatoms. The van der Waals surface area contributed by atoms with Gasteiger partial charge in [0.05, 0.1) is 5.52 Å². The van der Waals surface area contributed by atoms with Crippen LogP contribution in [0.25, 0.3) is 27.8 Å². The van der Waals surface area contributed by atoms with E-state index in [4.69, 9.17) is 16.6 Å². The summed E-state index contributed by atoms with van der Waals surface area (Å²) in [7, 11) is 0. The zero-order chi connectivity index (χ0) is 22.2. The van der Waals surface area contributed by atoms with Gasteiger partial charge in [-0.2, -0.15) is 4.98 Å². The maximum atomic E-state index is 12.8. The Morgan fingerprint density at radius 2 is 1.94 bits per heavy atom. The summed E-state index contributed by atoms with van der Waals surface area (Å²) in [4.78, 5) is 10.7. The summed E-state index contributed by atoms with van der Waals surface area (Å²) in [6.45, 7) is 2.67. The third kappa shape index (κ3) is 3.52. The summed E-state index contributed by atoms with van der Waals surface area (Å²) < 4.78 is 27.5. The van der Waals surface area contributed by atoms with Gasteiger partial charge in [-0.3, -0.25) is 9.38 Å². The Labute approximate surface area is 187 Å². The van der Waals surface area contributed by atoms with Crippen LogP contribution in [0.3, 0.4) is 0 Å². The average Bonchev–Trinajstić information content (AvgIpc) is 3.29. The van der Waals surface area contributed by atoms with Crippen molar-refractivity contribution in [3.63, 3.8) is 0 Å². The van der Waals surface area contributed by atoms with Crippen molar-refractivity contribution in [3.05, 3.63) is 77.8 Å². The lowest BCUT2D eigenvalue weighted by atomic mass is 10.1. The van der Waals surface area contributed by atoms with Crippen molar-refractivity contribution in [2.24, 2.45) is 0 Å². The molecule has 5 rings (SSSR count). The zero-order valence-electron chi connectivity index (χ0n) is 17.0.